The van der Waals surface area contributed by atoms with E-state index in [1.165, 1.54) is 5.56 Å². The molecule has 3 heteroatoms. The molecule has 0 spiro atoms. The van der Waals surface area contributed by atoms with Crippen LogP contribution in [0.3, 0.4) is 0 Å². The smallest absolute Gasteiger partial charge is 0.0928 e. The number of nitrogens with one attached hydrogen (secondary N) is 1. The number of hydrogen-bond acceptors (Lipinski definition) is 3. The maximum atomic E-state index is 5.39. The van der Waals surface area contributed by atoms with Crippen LogP contribution < -0.4 is 5.32 Å². The third-order valence-electron chi connectivity index (χ3n) is 3.19. The summed E-state index contributed by atoms with van der Waals surface area (Å²) in [5.74, 6) is 0.654. The summed E-state index contributed by atoms with van der Waals surface area (Å²) in [5, 5.41) is 3.60. The first kappa shape index (κ1) is 16.2. The van der Waals surface area contributed by atoms with Gasteiger partial charge in [-0.1, -0.05) is 44.2 Å². The summed E-state index contributed by atoms with van der Waals surface area (Å²) >= 11 is 0. The topological polar surface area (TPSA) is 30.5 Å². The van der Waals surface area contributed by atoms with Crippen molar-refractivity contribution in [2.24, 2.45) is 5.92 Å². The number of benzene rings is 1. The minimum atomic E-state index is 0.100. The second kappa shape index (κ2) is 9.08. The quantitative estimate of drug-likeness (QED) is 0.744. The van der Waals surface area contributed by atoms with Gasteiger partial charge in [-0.3, -0.25) is 0 Å². The molecule has 0 amide bonds. The molecule has 0 aliphatic heterocycles. The molecule has 0 saturated carbocycles. The van der Waals surface area contributed by atoms with Gasteiger partial charge in [-0.05, 0) is 17.9 Å². The Balaban J connectivity index is 2.60. The molecule has 2 atom stereocenters. The van der Waals surface area contributed by atoms with Gasteiger partial charge in [0.15, 0.2) is 0 Å². The zero-order valence-electron chi connectivity index (χ0n) is 12.6. The fourth-order valence-corrected chi connectivity index (χ4v) is 2.16. The molecular formula is C16H27NO2. The Labute approximate surface area is 117 Å². The van der Waals surface area contributed by atoms with Crippen molar-refractivity contribution in [1.29, 1.82) is 0 Å². The molecule has 108 valence electrons. The van der Waals surface area contributed by atoms with Crippen LogP contribution in [-0.2, 0) is 9.47 Å². The minimum Gasteiger partial charge on any atom is -0.382 e. The van der Waals surface area contributed by atoms with Gasteiger partial charge in [0.25, 0.3) is 0 Å². The fourth-order valence-electron chi connectivity index (χ4n) is 2.16. The number of methoxy groups -OCH3 is 2. The molecule has 0 radical (unpaired) electrons. The Morgan fingerprint density at radius 2 is 1.79 bits per heavy atom. The second-order valence-electron chi connectivity index (χ2n) is 5.31. The van der Waals surface area contributed by atoms with Crippen molar-refractivity contribution in [1.82, 2.24) is 5.32 Å². The Bertz CT molecular complexity index is 327. The largest absolute Gasteiger partial charge is 0.382 e. The van der Waals surface area contributed by atoms with Gasteiger partial charge in [-0.15, -0.1) is 0 Å². The van der Waals surface area contributed by atoms with E-state index >= 15 is 0 Å². The molecule has 1 aromatic rings. The van der Waals surface area contributed by atoms with Crippen molar-refractivity contribution in [3.8, 4) is 0 Å². The van der Waals surface area contributed by atoms with Gasteiger partial charge >= 0.3 is 0 Å². The molecular weight excluding hydrogens is 238 g/mol. The van der Waals surface area contributed by atoms with Gasteiger partial charge in [-0.2, -0.15) is 0 Å². The van der Waals surface area contributed by atoms with E-state index in [-0.39, 0.29) is 6.10 Å². The van der Waals surface area contributed by atoms with Crippen molar-refractivity contribution in [2.75, 3.05) is 27.4 Å². The van der Waals surface area contributed by atoms with Crippen molar-refractivity contribution in [3.05, 3.63) is 35.9 Å². The SMILES string of the molecule is COCC(CNC(CC(C)C)c1ccccc1)OC. The highest BCUT2D eigenvalue weighted by atomic mass is 16.5. The Hall–Kier alpha value is -0.900. The predicted molar refractivity (Wildman–Crippen MR) is 79.3 cm³/mol. The van der Waals surface area contributed by atoms with E-state index in [2.05, 4.69) is 49.5 Å². The summed E-state index contributed by atoms with van der Waals surface area (Å²) in [6.07, 6.45) is 1.22. The number of hydrogen-bond donors (Lipinski definition) is 1. The summed E-state index contributed by atoms with van der Waals surface area (Å²) in [7, 11) is 3.43. The molecule has 0 saturated heterocycles. The molecule has 0 heterocycles. The van der Waals surface area contributed by atoms with Crippen LogP contribution in [0.25, 0.3) is 0 Å². The van der Waals surface area contributed by atoms with Gasteiger partial charge in [0.1, 0.15) is 0 Å². The van der Waals surface area contributed by atoms with Crippen molar-refractivity contribution >= 4 is 0 Å². The van der Waals surface area contributed by atoms with E-state index in [0.717, 1.165) is 13.0 Å². The number of ether oxygens (including phenoxy) is 2. The molecule has 3 nitrogen and oxygen atoms in total. The molecule has 0 fully saturated rings. The molecule has 0 aliphatic carbocycles. The molecule has 1 rings (SSSR count). The Morgan fingerprint density at radius 3 is 2.32 bits per heavy atom. The normalized spacial score (nSPS) is 14.6. The Morgan fingerprint density at radius 1 is 1.11 bits per heavy atom. The monoisotopic (exact) mass is 265 g/mol. The fraction of sp³-hybridized carbons (Fsp3) is 0.625. The third kappa shape index (κ3) is 6.19. The zero-order valence-corrected chi connectivity index (χ0v) is 12.6. The van der Waals surface area contributed by atoms with Crippen molar-refractivity contribution in [3.63, 3.8) is 0 Å². The van der Waals surface area contributed by atoms with Gasteiger partial charge < -0.3 is 14.8 Å². The van der Waals surface area contributed by atoms with E-state index in [1.54, 1.807) is 14.2 Å². The number of rotatable bonds is 9. The van der Waals surface area contributed by atoms with E-state index in [9.17, 15) is 0 Å². The van der Waals surface area contributed by atoms with Gasteiger partial charge in [0, 0.05) is 26.8 Å². The van der Waals surface area contributed by atoms with Gasteiger partial charge in [0.2, 0.25) is 0 Å². The van der Waals surface area contributed by atoms with E-state index < -0.39 is 0 Å². The van der Waals surface area contributed by atoms with Gasteiger partial charge in [-0.25, -0.2) is 0 Å². The lowest BCUT2D eigenvalue weighted by molar-refractivity contribution is 0.0269. The van der Waals surface area contributed by atoms with Gasteiger partial charge in [0.05, 0.1) is 12.7 Å². The standard InChI is InChI=1S/C16H27NO2/c1-13(2)10-16(14-8-6-5-7-9-14)17-11-15(19-4)12-18-3/h5-9,13,15-17H,10-12H2,1-4H3. The van der Waals surface area contributed by atoms with Crippen LogP contribution in [0.15, 0.2) is 30.3 Å². The van der Waals surface area contributed by atoms with Crippen molar-refractivity contribution < 1.29 is 9.47 Å². The maximum absolute atomic E-state index is 5.39. The molecule has 0 aliphatic rings. The summed E-state index contributed by atoms with van der Waals surface area (Å²) in [4.78, 5) is 0. The van der Waals surface area contributed by atoms with E-state index in [0.29, 0.717) is 18.6 Å². The average Bonchev–Trinajstić information content (AvgIpc) is 2.42. The molecule has 1 N–H and O–H groups in total. The highest BCUT2D eigenvalue weighted by Gasteiger charge is 2.15. The second-order valence-corrected chi connectivity index (χ2v) is 5.31. The highest BCUT2D eigenvalue weighted by molar-refractivity contribution is 5.18. The van der Waals surface area contributed by atoms with Crippen LogP contribution in [0, 0.1) is 5.92 Å². The summed E-state index contributed by atoms with van der Waals surface area (Å²) in [6, 6.07) is 11.0. The first-order valence-electron chi connectivity index (χ1n) is 6.97. The van der Waals surface area contributed by atoms with Crippen LogP contribution in [0.4, 0.5) is 0 Å². The van der Waals surface area contributed by atoms with Crippen LogP contribution in [-0.4, -0.2) is 33.5 Å². The molecule has 0 bridgehead atoms. The lowest BCUT2D eigenvalue weighted by atomic mass is 9.97. The van der Waals surface area contributed by atoms with E-state index in [4.69, 9.17) is 9.47 Å². The first-order chi connectivity index (χ1) is 9.17. The summed E-state index contributed by atoms with van der Waals surface area (Å²) in [6.45, 7) is 5.92. The first-order valence-corrected chi connectivity index (χ1v) is 6.97. The maximum Gasteiger partial charge on any atom is 0.0928 e. The minimum absolute atomic E-state index is 0.100. The molecule has 2 unspecified atom stereocenters. The molecule has 0 aromatic heterocycles. The van der Waals surface area contributed by atoms with Crippen LogP contribution in [0.1, 0.15) is 31.9 Å². The highest BCUT2D eigenvalue weighted by Crippen LogP contribution is 2.20. The van der Waals surface area contributed by atoms with Crippen LogP contribution >= 0.6 is 0 Å². The lowest BCUT2D eigenvalue weighted by Crippen LogP contribution is -2.34. The summed E-state index contributed by atoms with van der Waals surface area (Å²) < 4.78 is 10.5. The molecule has 1 aromatic carbocycles. The van der Waals surface area contributed by atoms with E-state index in [1.807, 2.05) is 0 Å². The predicted octanol–water partition coefficient (Wildman–Crippen LogP) is 3.02. The molecule has 19 heavy (non-hydrogen) atoms. The lowest BCUT2D eigenvalue weighted by Gasteiger charge is -2.24. The Kier molecular flexibility index (Phi) is 7.72. The van der Waals surface area contributed by atoms with Crippen LogP contribution in [0.5, 0.6) is 0 Å². The average molecular weight is 265 g/mol. The zero-order chi connectivity index (χ0) is 14.1. The third-order valence-corrected chi connectivity index (χ3v) is 3.19. The van der Waals surface area contributed by atoms with Crippen molar-refractivity contribution in [2.45, 2.75) is 32.4 Å². The summed E-state index contributed by atoms with van der Waals surface area (Å²) in [5.41, 5.74) is 1.34. The van der Waals surface area contributed by atoms with Crippen LogP contribution in [0.2, 0.25) is 0 Å².